The smallest absolute Gasteiger partial charge is 0.273 e. The van der Waals surface area contributed by atoms with E-state index in [9.17, 15) is 19.2 Å². The molecule has 3 aliphatic rings. The van der Waals surface area contributed by atoms with Crippen LogP contribution in [-0.2, 0) is 9.59 Å². The van der Waals surface area contributed by atoms with Gasteiger partial charge < -0.3 is 0 Å². The molecular weight excluding hydrogens is 623 g/mol. The van der Waals surface area contributed by atoms with E-state index in [0.717, 1.165) is 22.0 Å². The molecule has 1 aliphatic heterocycles. The average Bonchev–Trinajstić information content (AvgIpc) is 3.44. The molecule has 2 saturated carbocycles. The Morgan fingerprint density at radius 2 is 1.46 bits per heavy atom. The molecule has 0 aromatic heterocycles. The molecule has 2 aromatic rings. The Hall–Kier alpha value is -1.74. The fourth-order valence-corrected chi connectivity index (χ4v) is 7.72. The van der Waals surface area contributed by atoms with Crippen LogP contribution in [0.5, 0.6) is 0 Å². The van der Waals surface area contributed by atoms with Crippen LogP contribution < -0.4 is 0 Å². The lowest BCUT2D eigenvalue weighted by Crippen LogP contribution is -2.52. The average molecular weight is 643 g/mol. The van der Waals surface area contributed by atoms with E-state index in [1.54, 1.807) is 24.3 Å². The van der Waals surface area contributed by atoms with E-state index in [1.807, 2.05) is 6.92 Å². The zero-order valence-electron chi connectivity index (χ0n) is 18.5. The molecule has 35 heavy (non-hydrogen) atoms. The van der Waals surface area contributed by atoms with Gasteiger partial charge in [0.2, 0.25) is 0 Å². The molecule has 0 radical (unpaired) electrons. The van der Waals surface area contributed by atoms with Crippen LogP contribution in [0.1, 0.15) is 32.7 Å². The van der Waals surface area contributed by atoms with E-state index in [1.165, 1.54) is 18.2 Å². The zero-order chi connectivity index (χ0) is 25.2. The molecule has 6 nitrogen and oxygen atoms in total. The van der Waals surface area contributed by atoms with Crippen LogP contribution >= 0.6 is 55.1 Å². The quantitative estimate of drug-likeness (QED) is 0.252. The van der Waals surface area contributed by atoms with E-state index in [2.05, 4.69) is 31.9 Å². The van der Waals surface area contributed by atoms with Gasteiger partial charge in [-0.1, -0.05) is 84.9 Å². The summed E-state index contributed by atoms with van der Waals surface area (Å²) in [5.74, 6) is -3.05. The van der Waals surface area contributed by atoms with Gasteiger partial charge in [-0.3, -0.25) is 19.2 Å². The molecule has 2 bridgehead atoms. The maximum absolute atomic E-state index is 13.6. The van der Waals surface area contributed by atoms with Crippen LogP contribution in [0.3, 0.4) is 0 Å². The third kappa shape index (κ3) is 4.06. The predicted octanol–water partition coefficient (Wildman–Crippen LogP) is 5.32. The number of benzene rings is 2. The Kier molecular flexibility index (Phi) is 6.62. The van der Waals surface area contributed by atoms with Gasteiger partial charge in [-0.25, -0.2) is 5.01 Å². The minimum Gasteiger partial charge on any atom is -0.292 e. The number of aryl methyl sites for hydroxylation is 1. The highest BCUT2D eigenvalue weighted by atomic mass is 79.9. The summed E-state index contributed by atoms with van der Waals surface area (Å²) in [5, 5.41) is 2.28. The number of rotatable bonds is 5. The minimum atomic E-state index is -0.677. The van der Waals surface area contributed by atoms with E-state index >= 15 is 0 Å². The van der Waals surface area contributed by atoms with Crippen molar-refractivity contribution >= 4 is 78.6 Å². The van der Waals surface area contributed by atoms with Gasteiger partial charge in [-0.15, -0.1) is 0 Å². The van der Waals surface area contributed by atoms with E-state index in [-0.39, 0.29) is 37.1 Å². The molecule has 10 heteroatoms. The highest BCUT2D eigenvalue weighted by molar-refractivity contribution is 9.12. The maximum atomic E-state index is 13.6. The number of imide groups is 1. The second-order valence-electron chi connectivity index (χ2n) is 9.27. The summed E-state index contributed by atoms with van der Waals surface area (Å²) >= 11 is 19.5. The number of hydrogen-bond acceptors (Lipinski definition) is 4. The van der Waals surface area contributed by atoms with Crippen LogP contribution in [0.4, 0.5) is 0 Å². The normalized spacial score (nSPS) is 29.0. The number of hydrogen-bond donors (Lipinski definition) is 0. The fourth-order valence-electron chi connectivity index (χ4n) is 5.55. The van der Waals surface area contributed by atoms with Gasteiger partial charge in [0.1, 0.15) is 6.54 Å². The molecule has 1 heterocycles. The Morgan fingerprint density at radius 3 is 2.00 bits per heavy atom. The number of carbonyl (C=O) groups is 4. The number of nitrogens with zero attached hydrogens (tertiary/aromatic N) is 2. The lowest BCUT2D eigenvalue weighted by molar-refractivity contribution is -0.154. The molecule has 6 atom stereocenters. The van der Waals surface area contributed by atoms with Crippen LogP contribution in [0, 0.1) is 30.6 Å². The minimum absolute atomic E-state index is 0.0226. The van der Waals surface area contributed by atoms with Crippen molar-refractivity contribution in [2.45, 2.75) is 23.0 Å². The first kappa shape index (κ1) is 24.9. The summed E-state index contributed by atoms with van der Waals surface area (Å²) in [7, 11) is 0. The summed E-state index contributed by atoms with van der Waals surface area (Å²) in [6, 6.07) is 11.2. The van der Waals surface area contributed by atoms with E-state index < -0.39 is 41.9 Å². The largest absolute Gasteiger partial charge is 0.292 e. The lowest BCUT2D eigenvalue weighted by Gasteiger charge is -2.31. The molecule has 0 unspecified atom stereocenters. The fraction of sp³-hybridized carbons (Fsp3) is 0.360. The van der Waals surface area contributed by atoms with Gasteiger partial charge in [-0.2, -0.15) is 5.01 Å². The first-order valence-electron chi connectivity index (χ1n) is 11.1. The Balaban J connectivity index is 1.52. The van der Waals surface area contributed by atoms with Gasteiger partial charge in [0.15, 0.2) is 5.78 Å². The van der Waals surface area contributed by atoms with Crippen LogP contribution in [0.2, 0.25) is 10.0 Å². The van der Waals surface area contributed by atoms with Gasteiger partial charge in [-0.05, 0) is 43.4 Å². The topological polar surface area (TPSA) is 74.8 Å². The van der Waals surface area contributed by atoms with Gasteiger partial charge in [0.25, 0.3) is 17.7 Å². The first-order chi connectivity index (χ1) is 16.6. The number of fused-ring (bicyclic) bond motifs is 5. The number of amides is 3. The third-order valence-electron chi connectivity index (χ3n) is 7.27. The van der Waals surface area contributed by atoms with Crippen molar-refractivity contribution in [1.82, 2.24) is 10.0 Å². The van der Waals surface area contributed by atoms with Crippen LogP contribution in [0.25, 0.3) is 0 Å². The van der Waals surface area contributed by atoms with E-state index in [4.69, 9.17) is 23.2 Å². The molecule has 0 N–H and O–H groups in total. The summed E-state index contributed by atoms with van der Waals surface area (Å²) < 4.78 is 0. The number of alkyl halides is 2. The SMILES string of the molecule is Cc1ccc(C(=O)CN(C(=O)c2ccc(Cl)c(Cl)c2)N2C(=O)[C@@H]3[C@H]4C[C@@H]([C@@H](Br)[C@H]4Br)[C@H]3C2=O)cc1. The maximum Gasteiger partial charge on any atom is 0.273 e. The van der Waals surface area contributed by atoms with Crippen molar-refractivity contribution in [3.63, 3.8) is 0 Å². The van der Waals surface area contributed by atoms with Crippen molar-refractivity contribution in [3.05, 3.63) is 69.2 Å². The number of Topliss-reactive ketones (excluding diaryl/α,β-unsaturated/α-hetero) is 1. The molecular formula is C25H20Br2Cl2N2O4. The number of carbonyl (C=O) groups excluding carboxylic acids is 4. The summed E-state index contributed by atoms with van der Waals surface area (Å²) in [5.41, 5.74) is 1.48. The van der Waals surface area contributed by atoms with Crippen molar-refractivity contribution in [2.24, 2.45) is 23.7 Å². The van der Waals surface area contributed by atoms with Crippen LogP contribution in [-0.4, -0.2) is 49.7 Å². The molecule has 2 aliphatic carbocycles. The number of halogens is 4. The molecule has 3 fully saturated rings. The van der Waals surface area contributed by atoms with Crippen molar-refractivity contribution < 1.29 is 19.2 Å². The standard InChI is InChI=1S/C25H20Br2Cl2N2O4/c1-11-2-4-12(5-3-11)18(32)10-30(23(33)13-6-7-16(28)17(29)8-13)31-24(34)19-14-9-15(20(19)25(31)35)22(27)21(14)26/h2-8,14-15,19-22H,9-10H2,1H3/t14-,15-,19-,20-,21-,22+/m1/s1. The molecule has 3 amide bonds. The highest BCUT2D eigenvalue weighted by Gasteiger charge is 2.67. The van der Waals surface area contributed by atoms with Gasteiger partial charge in [0.05, 0.1) is 21.9 Å². The van der Waals surface area contributed by atoms with Gasteiger partial charge >= 0.3 is 0 Å². The Labute approximate surface area is 229 Å². The number of ketones is 1. The summed E-state index contributed by atoms with van der Waals surface area (Å²) in [4.78, 5) is 54.2. The predicted molar refractivity (Wildman–Crippen MR) is 139 cm³/mol. The Morgan fingerprint density at radius 1 is 0.914 bits per heavy atom. The van der Waals surface area contributed by atoms with E-state index in [0.29, 0.717) is 5.56 Å². The van der Waals surface area contributed by atoms with Crippen molar-refractivity contribution in [2.75, 3.05) is 6.54 Å². The van der Waals surface area contributed by atoms with Crippen molar-refractivity contribution in [1.29, 1.82) is 0 Å². The summed E-state index contributed by atoms with van der Waals surface area (Å²) in [6.45, 7) is 1.43. The van der Waals surface area contributed by atoms with Crippen LogP contribution in [0.15, 0.2) is 42.5 Å². The van der Waals surface area contributed by atoms with Gasteiger partial charge in [0, 0.05) is 20.8 Å². The highest BCUT2D eigenvalue weighted by Crippen LogP contribution is 2.60. The van der Waals surface area contributed by atoms with Crippen molar-refractivity contribution in [3.8, 4) is 0 Å². The number of hydrazine groups is 1. The second kappa shape index (κ2) is 9.29. The third-order valence-corrected chi connectivity index (χ3v) is 11.2. The summed E-state index contributed by atoms with van der Waals surface area (Å²) in [6.07, 6.45) is 0.759. The second-order valence-corrected chi connectivity index (χ2v) is 12.2. The lowest BCUT2D eigenvalue weighted by atomic mass is 9.81. The molecule has 1 saturated heterocycles. The Bertz CT molecular complexity index is 1220. The molecule has 5 rings (SSSR count). The monoisotopic (exact) mass is 640 g/mol. The zero-order valence-corrected chi connectivity index (χ0v) is 23.1. The molecule has 182 valence electrons. The first-order valence-corrected chi connectivity index (χ1v) is 13.7. The molecule has 0 spiro atoms. The molecule has 2 aromatic carbocycles.